The number of ether oxygens (including phenoxy) is 1. The van der Waals surface area contributed by atoms with Crippen molar-refractivity contribution in [3.8, 4) is 5.75 Å². The predicted octanol–water partition coefficient (Wildman–Crippen LogP) is 5.07. The molecule has 0 aliphatic heterocycles. The molecule has 21 heavy (non-hydrogen) atoms. The van der Waals surface area contributed by atoms with Crippen molar-refractivity contribution in [3.63, 3.8) is 0 Å². The largest absolute Gasteiger partial charge is 0.489 e. The lowest BCUT2D eigenvalue weighted by Crippen LogP contribution is -2.22. The van der Waals surface area contributed by atoms with E-state index in [0.29, 0.717) is 22.7 Å². The molecule has 0 aromatic heterocycles. The molecule has 0 spiro atoms. The second-order valence-corrected chi connectivity index (χ2v) is 6.01. The smallest absolute Gasteiger partial charge is 0.124 e. The molecular formula is C17H19Cl2NO. The van der Waals surface area contributed by atoms with Crippen LogP contribution in [0.3, 0.4) is 0 Å². The van der Waals surface area contributed by atoms with Gasteiger partial charge in [0.1, 0.15) is 12.4 Å². The van der Waals surface area contributed by atoms with Gasteiger partial charge in [-0.1, -0.05) is 55.2 Å². The molecule has 2 aromatic rings. The number of benzene rings is 2. The van der Waals surface area contributed by atoms with E-state index in [9.17, 15) is 0 Å². The fourth-order valence-electron chi connectivity index (χ4n) is 1.91. The summed E-state index contributed by atoms with van der Waals surface area (Å²) >= 11 is 12.2. The lowest BCUT2D eigenvalue weighted by Gasteiger charge is -2.14. The molecule has 0 heterocycles. The van der Waals surface area contributed by atoms with Gasteiger partial charge in [0.05, 0.1) is 0 Å². The summed E-state index contributed by atoms with van der Waals surface area (Å²) in [6, 6.07) is 13.8. The van der Waals surface area contributed by atoms with Crippen LogP contribution in [0.5, 0.6) is 5.75 Å². The number of rotatable bonds is 6. The maximum absolute atomic E-state index is 6.14. The molecular weight excluding hydrogens is 305 g/mol. The Morgan fingerprint density at radius 3 is 2.52 bits per heavy atom. The molecule has 0 saturated carbocycles. The van der Waals surface area contributed by atoms with Gasteiger partial charge >= 0.3 is 0 Å². The molecule has 0 fully saturated rings. The SMILES string of the molecule is CC(C)NCc1cc(Cl)ccc1OCc1ccccc1Cl. The normalized spacial score (nSPS) is 10.9. The Hall–Kier alpha value is -1.22. The number of hydrogen-bond donors (Lipinski definition) is 1. The Balaban J connectivity index is 2.10. The molecule has 0 aliphatic carbocycles. The van der Waals surface area contributed by atoms with Crippen molar-refractivity contribution in [1.29, 1.82) is 0 Å². The first-order chi connectivity index (χ1) is 10.1. The summed E-state index contributed by atoms with van der Waals surface area (Å²) in [6.45, 7) is 5.37. The monoisotopic (exact) mass is 323 g/mol. The highest BCUT2D eigenvalue weighted by atomic mass is 35.5. The van der Waals surface area contributed by atoms with Crippen molar-refractivity contribution in [2.75, 3.05) is 0 Å². The molecule has 0 bridgehead atoms. The van der Waals surface area contributed by atoms with E-state index in [1.165, 1.54) is 0 Å². The van der Waals surface area contributed by atoms with Gasteiger partial charge in [-0.15, -0.1) is 0 Å². The molecule has 112 valence electrons. The van der Waals surface area contributed by atoms with Crippen molar-refractivity contribution >= 4 is 23.2 Å². The molecule has 0 unspecified atom stereocenters. The van der Waals surface area contributed by atoms with Crippen molar-refractivity contribution in [2.24, 2.45) is 0 Å². The third-order valence-electron chi connectivity index (χ3n) is 3.06. The standard InChI is InChI=1S/C17H19Cl2NO/c1-12(2)20-10-14-9-15(18)7-8-17(14)21-11-13-5-3-4-6-16(13)19/h3-9,12,20H,10-11H2,1-2H3. The average molecular weight is 324 g/mol. The Kier molecular flexibility index (Phi) is 5.92. The zero-order chi connectivity index (χ0) is 15.2. The molecule has 0 atom stereocenters. The molecule has 2 aromatic carbocycles. The van der Waals surface area contributed by atoms with Crippen molar-refractivity contribution < 1.29 is 4.74 Å². The summed E-state index contributed by atoms with van der Waals surface area (Å²) in [4.78, 5) is 0. The quantitative estimate of drug-likeness (QED) is 0.801. The van der Waals surface area contributed by atoms with E-state index >= 15 is 0 Å². The fourth-order valence-corrected chi connectivity index (χ4v) is 2.30. The van der Waals surface area contributed by atoms with Gasteiger partial charge in [0, 0.05) is 33.8 Å². The highest BCUT2D eigenvalue weighted by Gasteiger charge is 2.07. The van der Waals surface area contributed by atoms with E-state index in [-0.39, 0.29) is 0 Å². The van der Waals surface area contributed by atoms with Crippen LogP contribution in [0.4, 0.5) is 0 Å². The Morgan fingerprint density at radius 2 is 1.81 bits per heavy atom. The van der Waals surface area contributed by atoms with Gasteiger partial charge in [0.25, 0.3) is 0 Å². The van der Waals surface area contributed by atoms with E-state index in [1.807, 2.05) is 42.5 Å². The molecule has 4 heteroatoms. The Bertz CT molecular complexity index is 599. The van der Waals surface area contributed by atoms with Gasteiger partial charge in [0.15, 0.2) is 0 Å². The van der Waals surface area contributed by atoms with E-state index in [1.54, 1.807) is 0 Å². The minimum Gasteiger partial charge on any atom is -0.489 e. The van der Waals surface area contributed by atoms with Gasteiger partial charge in [-0.3, -0.25) is 0 Å². The molecule has 0 aliphatic rings. The van der Waals surface area contributed by atoms with Gasteiger partial charge in [-0.25, -0.2) is 0 Å². The lowest BCUT2D eigenvalue weighted by molar-refractivity contribution is 0.302. The van der Waals surface area contributed by atoms with Crippen molar-refractivity contribution in [1.82, 2.24) is 5.32 Å². The van der Waals surface area contributed by atoms with Gasteiger partial charge < -0.3 is 10.1 Å². The highest BCUT2D eigenvalue weighted by molar-refractivity contribution is 6.31. The first-order valence-corrected chi connectivity index (χ1v) is 7.70. The third kappa shape index (κ3) is 4.92. The summed E-state index contributed by atoms with van der Waals surface area (Å²) < 4.78 is 5.91. The maximum Gasteiger partial charge on any atom is 0.124 e. The first-order valence-electron chi connectivity index (χ1n) is 6.94. The number of nitrogens with one attached hydrogen (secondary N) is 1. The van der Waals surface area contributed by atoms with E-state index < -0.39 is 0 Å². The minimum atomic E-state index is 0.403. The summed E-state index contributed by atoms with van der Waals surface area (Å²) in [5, 5.41) is 4.80. The second-order valence-electron chi connectivity index (χ2n) is 5.17. The van der Waals surface area contributed by atoms with Crippen molar-refractivity contribution in [2.45, 2.75) is 33.0 Å². The van der Waals surface area contributed by atoms with Crippen LogP contribution in [0, 0.1) is 0 Å². The summed E-state index contributed by atoms with van der Waals surface area (Å²) in [7, 11) is 0. The average Bonchev–Trinajstić information content (AvgIpc) is 2.45. The van der Waals surface area contributed by atoms with E-state index in [2.05, 4.69) is 19.2 Å². The summed E-state index contributed by atoms with van der Waals surface area (Å²) in [5.74, 6) is 0.826. The lowest BCUT2D eigenvalue weighted by atomic mass is 10.2. The topological polar surface area (TPSA) is 21.3 Å². The predicted molar refractivity (Wildman–Crippen MR) is 89.2 cm³/mol. The van der Waals surface area contributed by atoms with Crippen LogP contribution in [-0.4, -0.2) is 6.04 Å². The zero-order valence-electron chi connectivity index (χ0n) is 12.2. The van der Waals surface area contributed by atoms with Crippen LogP contribution < -0.4 is 10.1 Å². The van der Waals surface area contributed by atoms with Crippen LogP contribution >= 0.6 is 23.2 Å². The molecule has 0 radical (unpaired) electrons. The fraction of sp³-hybridized carbons (Fsp3) is 0.294. The Labute approximate surface area is 136 Å². The summed E-state index contributed by atoms with van der Waals surface area (Å²) in [5.41, 5.74) is 2.01. The Morgan fingerprint density at radius 1 is 1.05 bits per heavy atom. The molecule has 0 saturated heterocycles. The van der Waals surface area contributed by atoms with E-state index in [0.717, 1.165) is 23.4 Å². The number of hydrogen-bond acceptors (Lipinski definition) is 2. The van der Waals surface area contributed by atoms with Gasteiger partial charge in [-0.05, 0) is 24.3 Å². The van der Waals surface area contributed by atoms with Gasteiger partial charge in [-0.2, -0.15) is 0 Å². The van der Waals surface area contributed by atoms with Crippen LogP contribution in [0.1, 0.15) is 25.0 Å². The second kappa shape index (κ2) is 7.69. The first kappa shape index (κ1) is 16.2. The van der Waals surface area contributed by atoms with Gasteiger partial charge in [0.2, 0.25) is 0 Å². The maximum atomic E-state index is 6.14. The van der Waals surface area contributed by atoms with Crippen LogP contribution in [0.25, 0.3) is 0 Å². The van der Waals surface area contributed by atoms with Crippen LogP contribution in [0.2, 0.25) is 10.0 Å². The van der Waals surface area contributed by atoms with Crippen molar-refractivity contribution in [3.05, 3.63) is 63.6 Å². The molecule has 2 nitrogen and oxygen atoms in total. The summed E-state index contributed by atoms with van der Waals surface area (Å²) in [6.07, 6.45) is 0. The van der Waals surface area contributed by atoms with E-state index in [4.69, 9.17) is 27.9 Å². The highest BCUT2D eigenvalue weighted by Crippen LogP contribution is 2.25. The molecule has 1 N–H and O–H groups in total. The molecule has 0 amide bonds. The van der Waals surface area contributed by atoms with Crippen LogP contribution in [0.15, 0.2) is 42.5 Å². The number of halogens is 2. The van der Waals surface area contributed by atoms with Crippen LogP contribution in [-0.2, 0) is 13.2 Å². The zero-order valence-corrected chi connectivity index (χ0v) is 13.7. The molecule has 2 rings (SSSR count). The minimum absolute atomic E-state index is 0.403. The third-order valence-corrected chi connectivity index (χ3v) is 3.67.